The van der Waals surface area contributed by atoms with Crippen molar-refractivity contribution in [1.29, 1.82) is 10.5 Å². The normalized spacial score (nSPS) is 12.7. The Balaban J connectivity index is 1.99. The first-order valence-corrected chi connectivity index (χ1v) is 10.6. The van der Waals surface area contributed by atoms with Gasteiger partial charge in [0.05, 0.1) is 40.0 Å². The monoisotopic (exact) mass is 431 g/mol. The van der Waals surface area contributed by atoms with Gasteiger partial charge in [0.1, 0.15) is 5.54 Å². The lowest BCUT2D eigenvalue weighted by molar-refractivity contribution is -0.120. The molecule has 1 N–H and O–H groups in total. The van der Waals surface area contributed by atoms with E-state index in [2.05, 4.69) is 22.4 Å². The summed E-state index contributed by atoms with van der Waals surface area (Å²) in [6, 6.07) is 17.8. The van der Waals surface area contributed by atoms with Gasteiger partial charge in [-0.25, -0.2) is 4.98 Å². The predicted octanol–water partition coefficient (Wildman–Crippen LogP) is 3.40. The van der Waals surface area contributed by atoms with Crippen molar-refractivity contribution in [3.8, 4) is 17.8 Å². The highest BCUT2D eigenvalue weighted by molar-refractivity contribution is 7.99. The van der Waals surface area contributed by atoms with E-state index in [0.29, 0.717) is 27.3 Å². The number of hydrogen-bond donors (Lipinski definition) is 1. The Bertz CT molecular complexity index is 1270. The third-order valence-corrected chi connectivity index (χ3v) is 6.06. The largest absolute Gasteiger partial charge is 0.337 e. The van der Waals surface area contributed by atoms with Crippen LogP contribution in [0, 0.1) is 28.6 Å². The summed E-state index contributed by atoms with van der Waals surface area (Å²) in [5.74, 6) is -0.399. The molecular formula is C23H21N5O2S. The van der Waals surface area contributed by atoms with Gasteiger partial charge in [0.15, 0.2) is 5.16 Å². The fourth-order valence-electron chi connectivity index (χ4n) is 2.88. The molecule has 1 heterocycles. The van der Waals surface area contributed by atoms with Crippen molar-refractivity contribution in [2.45, 2.75) is 31.5 Å². The number of benzene rings is 2. The smallest absolute Gasteiger partial charge is 0.266 e. The van der Waals surface area contributed by atoms with E-state index in [4.69, 9.17) is 5.26 Å². The average Bonchev–Trinajstić information content (AvgIpc) is 2.77. The summed E-state index contributed by atoms with van der Waals surface area (Å²) in [5, 5.41) is 22.0. The molecule has 0 fully saturated rings. The van der Waals surface area contributed by atoms with Gasteiger partial charge in [-0.2, -0.15) is 10.5 Å². The van der Waals surface area contributed by atoms with Crippen LogP contribution in [0.3, 0.4) is 0 Å². The highest BCUT2D eigenvalue weighted by Gasteiger charge is 2.30. The summed E-state index contributed by atoms with van der Waals surface area (Å²) in [7, 11) is 0. The summed E-state index contributed by atoms with van der Waals surface area (Å²) in [5.41, 5.74) is 0.311. The number of thioether (sulfide) groups is 1. The molecule has 0 saturated heterocycles. The van der Waals surface area contributed by atoms with Gasteiger partial charge in [0.25, 0.3) is 5.56 Å². The predicted molar refractivity (Wildman–Crippen MR) is 120 cm³/mol. The van der Waals surface area contributed by atoms with Gasteiger partial charge >= 0.3 is 0 Å². The van der Waals surface area contributed by atoms with Gasteiger partial charge in [0.2, 0.25) is 5.91 Å². The molecule has 156 valence electrons. The van der Waals surface area contributed by atoms with Crippen LogP contribution in [0.25, 0.3) is 16.6 Å². The molecule has 3 rings (SSSR count). The van der Waals surface area contributed by atoms with E-state index in [1.807, 2.05) is 13.8 Å². The third-order valence-electron chi connectivity index (χ3n) is 5.12. The molecule has 0 aliphatic rings. The van der Waals surface area contributed by atoms with Crippen molar-refractivity contribution < 1.29 is 4.79 Å². The minimum absolute atomic E-state index is 0.00888. The molecule has 0 saturated carbocycles. The van der Waals surface area contributed by atoms with E-state index >= 15 is 0 Å². The average molecular weight is 432 g/mol. The van der Waals surface area contributed by atoms with Crippen molar-refractivity contribution in [1.82, 2.24) is 14.9 Å². The van der Waals surface area contributed by atoms with E-state index in [-0.39, 0.29) is 23.1 Å². The van der Waals surface area contributed by atoms with E-state index < -0.39 is 5.54 Å². The van der Waals surface area contributed by atoms with Crippen LogP contribution in [0.5, 0.6) is 0 Å². The van der Waals surface area contributed by atoms with Crippen LogP contribution in [-0.2, 0) is 4.79 Å². The number of nitrogens with zero attached hydrogens (tertiary/aromatic N) is 4. The van der Waals surface area contributed by atoms with Crippen molar-refractivity contribution in [3.63, 3.8) is 0 Å². The second-order valence-electron chi connectivity index (χ2n) is 7.52. The number of rotatable bonds is 6. The van der Waals surface area contributed by atoms with Crippen LogP contribution in [0.4, 0.5) is 0 Å². The quantitative estimate of drug-likeness (QED) is 0.473. The van der Waals surface area contributed by atoms with Crippen molar-refractivity contribution in [2.24, 2.45) is 5.92 Å². The fraction of sp³-hybridized carbons (Fsp3) is 0.261. The number of hydrogen-bond acceptors (Lipinski definition) is 6. The Kier molecular flexibility index (Phi) is 6.43. The van der Waals surface area contributed by atoms with E-state index in [9.17, 15) is 14.9 Å². The molecule has 2 aromatic carbocycles. The summed E-state index contributed by atoms with van der Waals surface area (Å²) >= 11 is 1.12. The number of aromatic nitrogens is 2. The Labute approximate surface area is 184 Å². The Morgan fingerprint density at radius 1 is 1.19 bits per heavy atom. The first-order chi connectivity index (χ1) is 14.8. The number of para-hydroxylation sites is 1. The molecule has 0 aliphatic carbocycles. The van der Waals surface area contributed by atoms with Gasteiger partial charge in [-0.3, -0.25) is 14.2 Å². The van der Waals surface area contributed by atoms with Gasteiger partial charge in [-0.05, 0) is 49.2 Å². The molecule has 0 aliphatic heterocycles. The molecule has 7 nitrogen and oxygen atoms in total. The van der Waals surface area contributed by atoms with E-state index in [1.165, 1.54) is 4.57 Å². The molecule has 1 unspecified atom stereocenters. The zero-order valence-corrected chi connectivity index (χ0v) is 18.2. The number of fused-ring (bicyclic) bond motifs is 1. The van der Waals surface area contributed by atoms with Gasteiger partial charge in [-0.1, -0.05) is 37.7 Å². The SMILES string of the molecule is CC(C)C(C)(C#N)NC(=O)CSc1nc2ccccc2c(=O)n1-c1ccc(C#N)cc1. The van der Waals surface area contributed by atoms with Gasteiger partial charge < -0.3 is 5.32 Å². The highest BCUT2D eigenvalue weighted by Crippen LogP contribution is 2.22. The number of nitriles is 2. The molecule has 1 atom stereocenters. The molecule has 31 heavy (non-hydrogen) atoms. The van der Waals surface area contributed by atoms with Crippen LogP contribution in [0.15, 0.2) is 58.5 Å². The van der Waals surface area contributed by atoms with Crippen molar-refractivity contribution in [3.05, 3.63) is 64.4 Å². The molecular weight excluding hydrogens is 410 g/mol. The minimum Gasteiger partial charge on any atom is -0.337 e. The van der Waals surface area contributed by atoms with E-state index in [0.717, 1.165) is 11.8 Å². The highest BCUT2D eigenvalue weighted by atomic mass is 32.2. The first-order valence-electron chi connectivity index (χ1n) is 9.66. The summed E-state index contributed by atoms with van der Waals surface area (Å²) < 4.78 is 1.44. The maximum absolute atomic E-state index is 13.2. The lowest BCUT2D eigenvalue weighted by Gasteiger charge is -2.27. The number of amides is 1. The zero-order valence-electron chi connectivity index (χ0n) is 17.4. The first kappa shape index (κ1) is 22.1. The minimum atomic E-state index is -0.985. The maximum atomic E-state index is 13.2. The van der Waals surface area contributed by atoms with Crippen LogP contribution >= 0.6 is 11.8 Å². The second kappa shape index (κ2) is 9.03. The molecule has 8 heteroatoms. The van der Waals surface area contributed by atoms with Crippen molar-refractivity contribution >= 4 is 28.6 Å². The van der Waals surface area contributed by atoms with Gasteiger partial charge in [-0.15, -0.1) is 0 Å². The van der Waals surface area contributed by atoms with Crippen molar-refractivity contribution in [2.75, 3.05) is 5.75 Å². The van der Waals surface area contributed by atoms with Crippen LogP contribution in [-0.4, -0.2) is 26.8 Å². The summed E-state index contributed by atoms with van der Waals surface area (Å²) in [4.78, 5) is 30.3. The molecule has 0 bridgehead atoms. The standard InChI is InChI=1S/C23H21N5O2S/c1-15(2)23(3,14-25)27-20(29)13-31-22-26-19-7-5-4-6-18(19)21(30)28(22)17-10-8-16(12-24)9-11-17/h4-11,15H,13H2,1-3H3,(H,27,29). The Hall–Kier alpha value is -3.62. The summed E-state index contributed by atoms with van der Waals surface area (Å²) in [6.07, 6.45) is 0. The molecule has 1 amide bonds. The van der Waals surface area contributed by atoms with Crippen LogP contribution in [0.1, 0.15) is 26.3 Å². The third kappa shape index (κ3) is 4.60. The maximum Gasteiger partial charge on any atom is 0.266 e. The van der Waals surface area contributed by atoms with Crippen LogP contribution < -0.4 is 10.9 Å². The topological polar surface area (TPSA) is 112 Å². The number of nitrogens with one attached hydrogen (secondary N) is 1. The molecule has 1 aromatic heterocycles. The summed E-state index contributed by atoms with van der Waals surface area (Å²) in [6.45, 7) is 5.41. The zero-order chi connectivity index (χ0) is 22.6. The second-order valence-corrected chi connectivity index (χ2v) is 8.46. The van der Waals surface area contributed by atoms with E-state index in [1.54, 1.807) is 55.5 Å². The lowest BCUT2D eigenvalue weighted by Crippen LogP contribution is -2.49. The number of carbonyl (C=O) groups is 1. The van der Waals surface area contributed by atoms with Gasteiger partial charge in [0, 0.05) is 0 Å². The Morgan fingerprint density at radius 2 is 1.87 bits per heavy atom. The van der Waals surface area contributed by atoms with Crippen LogP contribution in [0.2, 0.25) is 0 Å². The Morgan fingerprint density at radius 3 is 2.48 bits per heavy atom. The molecule has 0 spiro atoms. The molecule has 3 aromatic rings. The molecule has 0 radical (unpaired) electrons. The fourth-order valence-corrected chi connectivity index (χ4v) is 3.69. The number of carbonyl (C=O) groups excluding carboxylic acids is 1. The lowest BCUT2D eigenvalue weighted by atomic mass is 9.90.